The number of nitrogens with one attached hydrogen (secondary N) is 1. The van der Waals surface area contributed by atoms with E-state index in [1.165, 1.54) is 0 Å². The zero-order valence-electron chi connectivity index (χ0n) is 7.62. The van der Waals surface area contributed by atoms with E-state index in [1.54, 1.807) is 0 Å². The van der Waals surface area contributed by atoms with Gasteiger partial charge in [0.1, 0.15) is 9.73 Å². The molecule has 1 atom stereocenters. The first-order chi connectivity index (χ1) is 7.25. The van der Waals surface area contributed by atoms with Gasteiger partial charge in [-0.2, -0.15) is 8.78 Å². The molecule has 1 rings (SSSR count). The van der Waals surface area contributed by atoms with Crippen molar-refractivity contribution in [2.24, 2.45) is 0 Å². The monoisotopic (exact) mass is 269 g/mol. The molecular weight excluding hydrogens is 264 g/mol. The van der Waals surface area contributed by atoms with Crippen LogP contribution in [0.15, 0.2) is 23.1 Å². The summed E-state index contributed by atoms with van der Waals surface area (Å²) in [6, 6.07) is 2.68. The Hall–Kier alpha value is -1.21. The van der Waals surface area contributed by atoms with Crippen molar-refractivity contribution in [3.05, 3.63) is 28.8 Å². The highest BCUT2D eigenvalue weighted by Gasteiger charge is 2.23. The third-order valence-corrected chi connectivity index (χ3v) is 3.38. The fraction of sp³-hybridized carbons (Fsp3) is 0.125. The molecule has 16 heavy (non-hydrogen) atoms. The Morgan fingerprint density at radius 1 is 1.44 bits per heavy atom. The van der Waals surface area contributed by atoms with Crippen LogP contribution in [0.25, 0.3) is 0 Å². The molecule has 0 aliphatic carbocycles. The lowest BCUT2D eigenvalue weighted by Gasteiger charge is -2.07. The summed E-state index contributed by atoms with van der Waals surface area (Å²) in [5.74, 6) is -4.79. The zero-order valence-corrected chi connectivity index (χ0v) is 9.19. The van der Waals surface area contributed by atoms with Crippen LogP contribution in [0.5, 0.6) is 0 Å². The molecule has 0 amide bonds. The number of carbonyl (C=O) groups is 1. The minimum absolute atomic E-state index is 0.157. The molecule has 0 radical (unpaired) electrons. The van der Waals surface area contributed by atoms with Gasteiger partial charge in [0.15, 0.2) is 0 Å². The Labute approximate surface area is 94.8 Å². The van der Waals surface area contributed by atoms with Gasteiger partial charge in [0.25, 0.3) is 0 Å². The maximum absolute atomic E-state index is 12.3. The minimum Gasteiger partial charge on any atom is -0.478 e. The topological polar surface area (TPSA) is 78.2 Å². The van der Waals surface area contributed by atoms with Gasteiger partial charge in [-0.1, -0.05) is 11.6 Å². The van der Waals surface area contributed by atoms with Gasteiger partial charge >= 0.3 is 11.7 Å². The molecule has 0 spiro atoms. The maximum atomic E-state index is 12.3. The van der Waals surface area contributed by atoms with Gasteiger partial charge in [-0.15, -0.1) is 0 Å². The first kappa shape index (κ1) is 12.9. The molecule has 0 heterocycles. The van der Waals surface area contributed by atoms with Gasteiger partial charge in [-0.25, -0.2) is 13.8 Å². The Bertz CT molecular complexity index is 530. The Kier molecular flexibility index (Phi) is 3.49. The molecule has 0 saturated carbocycles. The van der Waals surface area contributed by atoms with Crippen molar-refractivity contribution >= 4 is 27.3 Å². The molecule has 1 aromatic rings. The number of alkyl halides is 2. The lowest BCUT2D eigenvalue weighted by molar-refractivity contribution is 0.0696. The van der Waals surface area contributed by atoms with Crippen molar-refractivity contribution in [2.75, 3.05) is 0 Å². The Morgan fingerprint density at radius 3 is 2.44 bits per heavy atom. The Balaban J connectivity index is 3.42. The summed E-state index contributed by atoms with van der Waals surface area (Å²) in [6.07, 6.45) is 0. The van der Waals surface area contributed by atoms with E-state index in [0.29, 0.717) is 0 Å². The average Bonchev–Trinajstić information content (AvgIpc) is 2.16. The molecule has 0 fully saturated rings. The molecule has 2 N–H and O–H groups in total. The summed E-state index contributed by atoms with van der Waals surface area (Å²) in [5, 5.41) is 8.48. The van der Waals surface area contributed by atoms with Crippen LogP contribution in [-0.2, 0) is 9.73 Å². The van der Waals surface area contributed by atoms with Crippen molar-refractivity contribution in [1.82, 2.24) is 0 Å². The van der Waals surface area contributed by atoms with Gasteiger partial charge < -0.3 is 5.11 Å². The summed E-state index contributed by atoms with van der Waals surface area (Å²) >= 11 is 5.49. The van der Waals surface area contributed by atoms with E-state index >= 15 is 0 Å². The van der Waals surface area contributed by atoms with Crippen LogP contribution in [0.4, 0.5) is 8.78 Å². The molecule has 0 unspecified atom stereocenters. The lowest BCUT2D eigenvalue weighted by Crippen LogP contribution is -2.10. The largest absolute Gasteiger partial charge is 0.478 e. The van der Waals surface area contributed by atoms with Gasteiger partial charge in [-0.05, 0) is 18.2 Å². The molecule has 0 aromatic heterocycles. The molecule has 0 aliphatic rings. The standard InChI is InChI=1S/C8H6ClF2NO3S/c9-5-1-4(7(13)14)2-6(3-5)16(12,15)8(10)11/h1-3,8,12H,(H,13,14)/t16-/m1/s1. The smallest absolute Gasteiger partial charge is 0.335 e. The molecule has 8 heteroatoms. The maximum Gasteiger partial charge on any atom is 0.335 e. The second kappa shape index (κ2) is 4.34. The second-order valence-corrected chi connectivity index (χ2v) is 5.31. The number of carboxylic acid groups (broad SMARTS) is 1. The lowest BCUT2D eigenvalue weighted by atomic mass is 10.2. The second-order valence-electron chi connectivity index (χ2n) is 2.84. The van der Waals surface area contributed by atoms with E-state index in [-0.39, 0.29) is 10.6 Å². The van der Waals surface area contributed by atoms with E-state index in [9.17, 15) is 17.8 Å². The molecule has 4 nitrogen and oxygen atoms in total. The van der Waals surface area contributed by atoms with Crippen LogP contribution in [0.3, 0.4) is 0 Å². The molecule has 88 valence electrons. The highest BCUT2D eigenvalue weighted by Crippen LogP contribution is 2.24. The number of aromatic carboxylic acids is 1. The van der Waals surface area contributed by atoms with E-state index in [0.717, 1.165) is 18.2 Å². The van der Waals surface area contributed by atoms with E-state index in [1.807, 2.05) is 0 Å². The highest BCUT2D eigenvalue weighted by molar-refractivity contribution is 7.92. The van der Waals surface area contributed by atoms with Crippen LogP contribution >= 0.6 is 11.6 Å². The van der Waals surface area contributed by atoms with Crippen molar-refractivity contribution in [1.29, 1.82) is 4.78 Å². The van der Waals surface area contributed by atoms with Crippen LogP contribution < -0.4 is 0 Å². The quantitative estimate of drug-likeness (QED) is 0.885. The van der Waals surface area contributed by atoms with E-state index < -0.39 is 26.4 Å². The summed E-state index contributed by atoms with van der Waals surface area (Å²) < 4.78 is 42.9. The Morgan fingerprint density at radius 2 is 2.00 bits per heavy atom. The SMILES string of the molecule is N=[S@@](=O)(c1cc(Cl)cc(C(=O)O)c1)C(F)F. The highest BCUT2D eigenvalue weighted by atomic mass is 35.5. The van der Waals surface area contributed by atoms with Crippen molar-refractivity contribution in [3.8, 4) is 0 Å². The number of hydrogen-bond donors (Lipinski definition) is 2. The fourth-order valence-electron chi connectivity index (χ4n) is 0.964. The molecule has 1 aromatic carbocycles. The van der Waals surface area contributed by atoms with Crippen LogP contribution in [0.1, 0.15) is 10.4 Å². The number of halogens is 3. The average molecular weight is 270 g/mol. The predicted octanol–water partition coefficient (Wildman–Crippen LogP) is 2.67. The van der Waals surface area contributed by atoms with Crippen LogP contribution in [0, 0.1) is 4.78 Å². The van der Waals surface area contributed by atoms with Gasteiger partial charge in [-0.3, -0.25) is 0 Å². The minimum atomic E-state index is -4.34. The number of rotatable bonds is 3. The first-order valence-corrected chi connectivity index (χ1v) is 5.85. The fourth-order valence-corrected chi connectivity index (χ4v) is 2.07. The number of carboxylic acids is 1. The van der Waals surface area contributed by atoms with Crippen LogP contribution in [-0.4, -0.2) is 21.0 Å². The zero-order chi connectivity index (χ0) is 12.5. The van der Waals surface area contributed by atoms with Crippen molar-refractivity contribution in [3.63, 3.8) is 0 Å². The summed E-state index contributed by atoms with van der Waals surface area (Å²) in [7, 11) is -4.34. The molecule has 0 saturated heterocycles. The third kappa shape index (κ3) is 2.48. The van der Waals surface area contributed by atoms with Crippen LogP contribution in [0.2, 0.25) is 5.02 Å². The summed E-state index contributed by atoms with van der Waals surface area (Å²) in [6.45, 7) is 0. The van der Waals surface area contributed by atoms with Crippen molar-refractivity contribution < 1.29 is 22.9 Å². The molecular formula is C8H6ClF2NO3S. The summed E-state index contributed by atoms with van der Waals surface area (Å²) in [4.78, 5) is 10.0. The number of hydrogen-bond acceptors (Lipinski definition) is 3. The third-order valence-electron chi connectivity index (χ3n) is 1.72. The normalized spacial score (nSPS) is 14.8. The molecule has 0 bridgehead atoms. The van der Waals surface area contributed by atoms with Gasteiger partial charge in [0.2, 0.25) is 0 Å². The van der Waals surface area contributed by atoms with Crippen molar-refractivity contribution in [2.45, 2.75) is 10.7 Å². The first-order valence-electron chi connectivity index (χ1n) is 3.85. The molecule has 0 aliphatic heterocycles. The predicted molar refractivity (Wildman–Crippen MR) is 53.5 cm³/mol. The summed E-state index contributed by atoms with van der Waals surface area (Å²) in [5.41, 5.74) is -0.386. The van der Waals surface area contributed by atoms with E-state index in [4.69, 9.17) is 21.5 Å². The van der Waals surface area contributed by atoms with Gasteiger partial charge in [0, 0.05) is 5.02 Å². The number of benzene rings is 1. The van der Waals surface area contributed by atoms with Gasteiger partial charge in [0.05, 0.1) is 10.5 Å². The van der Waals surface area contributed by atoms with E-state index in [2.05, 4.69) is 0 Å².